The number of benzene rings is 1. The molecule has 0 fully saturated rings. The third-order valence-corrected chi connectivity index (χ3v) is 2.41. The van der Waals surface area contributed by atoms with Gasteiger partial charge in [-0.2, -0.15) is 0 Å². The van der Waals surface area contributed by atoms with Gasteiger partial charge < -0.3 is 9.47 Å². The lowest BCUT2D eigenvalue weighted by Gasteiger charge is -2.09. The number of hydrogen-bond acceptors (Lipinski definition) is 5. The minimum atomic E-state index is -4.74. The van der Waals surface area contributed by atoms with E-state index in [1.165, 1.54) is 31.6 Å². The van der Waals surface area contributed by atoms with Crippen molar-refractivity contribution in [1.82, 2.24) is 9.97 Å². The summed E-state index contributed by atoms with van der Waals surface area (Å²) in [7, 11) is 1.21. The number of rotatable bonds is 3. The average molecular weight is 298 g/mol. The van der Waals surface area contributed by atoms with Gasteiger partial charge in [-0.3, -0.25) is 4.98 Å². The van der Waals surface area contributed by atoms with E-state index in [2.05, 4.69) is 19.4 Å². The van der Waals surface area contributed by atoms with Crippen molar-refractivity contribution in [3.05, 3.63) is 42.4 Å². The van der Waals surface area contributed by atoms with E-state index < -0.39 is 12.3 Å². The van der Waals surface area contributed by atoms with E-state index in [9.17, 15) is 18.0 Å². The van der Waals surface area contributed by atoms with Crippen LogP contribution < -0.4 is 4.74 Å². The van der Waals surface area contributed by atoms with Crippen molar-refractivity contribution < 1.29 is 27.4 Å². The molecule has 0 atom stereocenters. The molecule has 1 heterocycles. The highest BCUT2D eigenvalue weighted by atomic mass is 19.4. The molecule has 1 aromatic heterocycles. The normalized spacial score (nSPS) is 11.0. The predicted octanol–water partition coefficient (Wildman–Crippen LogP) is 2.83. The van der Waals surface area contributed by atoms with Crippen molar-refractivity contribution in [2.24, 2.45) is 0 Å². The minimum absolute atomic E-state index is 0.00520. The Bertz CT molecular complexity index is 642. The summed E-state index contributed by atoms with van der Waals surface area (Å²) in [6, 6.07) is 5.06. The molecule has 110 valence electrons. The first kappa shape index (κ1) is 14.8. The van der Waals surface area contributed by atoms with Gasteiger partial charge in [-0.05, 0) is 24.3 Å². The number of ether oxygens (including phenoxy) is 2. The molecule has 5 nitrogen and oxygen atoms in total. The van der Waals surface area contributed by atoms with Crippen molar-refractivity contribution in [2.45, 2.75) is 6.36 Å². The molecule has 0 radical (unpaired) electrons. The van der Waals surface area contributed by atoms with E-state index in [1.807, 2.05) is 0 Å². The van der Waals surface area contributed by atoms with Gasteiger partial charge in [0.25, 0.3) is 0 Å². The molecule has 0 aliphatic rings. The summed E-state index contributed by atoms with van der Waals surface area (Å²) in [6.45, 7) is 0. The Balaban J connectivity index is 2.25. The Morgan fingerprint density at radius 3 is 2.38 bits per heavy atom. The molecule has 1 aromatic carbocycles. The van der Waals surface area contributed by atoms with Gasteiger partial charge in [-0.15, -0.1) is 13.2 Å². The van der Waals surface area contributed by atoms with E-state index in [1.54, 1.807) is 0 Å². The van der Waals surface area contributed by atoms with Crippen LogP contribution in [-0.4, -0.2) is 29.4 Å². The van der Waals surface area contributed by atoms with E-state index in [0.29, 0.717) is 11.3 Å². The van der Waals surface area contributed by atoms with Gasteiger partial charge in [-0.25, -0.2) is 9.78 Å². The molecule has 21 heavy (non-hydrogen) atoms. The standard InChI is InChI=1S/C13H9F3N2O3/c1-20-12(19)11-7-17-6-10(18-11)8-2-4-9(5-3-8)21-13(14,15)16/h2-7H,1H3. The van der Waals surface area contributed by atoms with Crippen molar-refractivity contribution in [3.63, 3.8) is 0 Å². The number of methoxy groups -OCH3 is 1. The Hall–Kier alpha value is -2.64. The first-order valence-electron chi connectivity index (χ1n) is 5.65. The summed E-state index contributed by atoms with van der Waals surface area (Å²) in [5.41, 5.74) is 0.824. The number of hydrogen-bond donors (Lipinski definition) is 0. The van der Waals surface area contributed by atoms with Crippen LogP contribution in [0.3, 0.4) is 0 Å². The lowest BCUT2D eigenvalue weighted by atomic mass is 10.1. The highest BCUT2D eigenvalue weighted by Crippen LogP contribution is 2.25. The van der Waals surface area contributed by atoms with Gasteiger partial charge in [-0.1, -0.05) is 0 Å². The van der Waals surface area contributed by atoms with Gasteiger partial charge in [0, 0.05) is 5.56 Å². The molecule has 2 aromatic rings. The molecule has 8 heteroatoms. The number of esters is 1. The van der Waals surface area contributed by atoms with Crippen molar-refractivity contribution in [2.75, 3.05) is 7.11 Å². The van der Waals surface area contributed by atoms with Crippen molar-refractivity contribution >= 4 is 5.97 Å². The summed E-state index contributed by atoms with van der Waals surface area (Å²) in [6.07, 6.45) is -2.13. The van der Waals surface area contributed by atoms with Gasteiger partial charge in [0.05, 0.1) is 25.2 Å². The van der Waals surface area contributed by atoms with Crippen LogP contribution in [0, 0.1) is 0 Å². The Kier molecular flexibility index (Phi) is 4.06. The zero-order valence-electron chi connectivity index (χ0n) is 10.7. The average Bonchev–Trinajstić information content (AvgIpc) is 2.45. The maximum absolute atomic E-state index is 12.0. The minimum Gasteiger partial charge on any atom is -0.464 e. The third-order valence-electron chi connectivity index (χ3n) is 2.41. The largest absolute Gasteiger partial charge is 0.573 e. The molecule has 0 spiro atoms. The first-order valence-corrected chi connectivity index (χ1v) is 5.65. The smallest absolute Gasteiger partial charge is 0.464 e. The van der Waals surface area contributed by atoms with E-state index in [4.69, 9.17) is 0 Å². The topological polar surface area (TPSA) is 61.3 Å². The zero-order chi connectivity index (χ0) is 15.5. The lowest BCUT2D eigenvalue weighted by Crippen LogP contribution is -2.16. The first-order chi connectivity index (χ1) is 9.89. The quantitative estimate of drug-likeness (QED) is 0.815. The molecule has 0 unspecified atom stereocenters. The summed E-state index contributed by atoms with van der Waals surface area (Å²) < 4.78 is 44.4. The summed E-state index contributed by atoms with van der Waals surface area (Å²) in [4.78, 5) is 19.2. The highest BCUT2D eigenvalue weighted by Gasteiger charge is 2.30. The SMILES string of the molecule is COC(=O)c1cncc(-c2ccc(OC(F)(F)F)cc2)n1. The van der Waals surface area contributed by atoms with Crippen molar-refractivity contribution in [1.29, 1.82) is 0 Å². The van der Waals surface area contributed by atoms with Crippen LogP contribution >= 0.6 is 0 Å². The fourth-order valence-electron chi connectivity index (χ4n) is 1.54. The molecular weight excluding hydrogens is 289 g/mol. The molecule has 0 saturated carbocycles. The zero-order valence-corrected chi connectivity index (χ0v) is 10.7. The second-order valence-electron chi connectivity index (χ2n) is 3.85. The maximum atomic E-state index is 12.0. The number of halogens is 3. The molecule has 0 bridgehead atoms. The van der Waals surface area contributed by atoms with Gasteiger partial charge >= 0.3 is 12.3 Å². The van der Waals surface area contributed by atoms with Crippen LogP contribution in [0.15, 0.2) is 36.7 Å². The van der Waals surface area contributed by atoms with Crippen LogP contribution in [0.2, 0.25) is 0 Å². The predicted molar refractivity (Wildman–Crippen MR) is 65.5 cm³/mol. The van der Waals surface area contributed by atoms with Crippen LogP contribution in [-0.2, 0) is 4.74 Å². The van der Waals surface area contributed by atoms with Gasteiger partial charge in [0.1, 0.15) is 5.75 Å². The molecule has 0 amide bonds. The second kappa shape index (κ2) is 5.78. The number of carbonyl (C=O) groups is 1. The third kappa shape index (κ3) is 3.91. The Morgan fingerprint density at radius 2 is 1.81 bits per heavy atom. The van der Waals surface area contributed by atoms with Crippen LogP contribution in [0.1, 0.15) is 10.5 Å². The van der Waals surface area contributed by atoms with Crippen molar-refractivity contribution in [3.8, 4) is 17.0 Å². The Morgan fingerprint density at radius 1 is 1.14 bits per heavy atom. The van der Waals surface area contributed by atoms with E-state index >= 15 is 0 Å². The molecular formula is C13H9F3N2O3. The summed E-state index contributed by atoms with van der Waals surface area (Å²) >= 11 is 0. The number of nitrogens with zero attached hydrogens (tertiary/aromatic N) is 2. The van der Waals surface area contributed by atoms with Crippen LogP contribution in [0.25, 0.3) is 11.3 Å². The van der Waals surface area contributed by atoms with Crippen LogP contribution in [0.4, 0.5) is 13.2 Å². The fraction of sp³-hybridized carbons (Fsp3) is 0.154. The van der Waals surface area contributed by atoms with Crippen LogP contribution in [0.5, 0.6) is 5.75 Å². The fourth-order valence-corrected chi connectivity index (χ4v) is 1.54. The number of aromatic nitrogens is 2. The lowest BCUT2D eigenvalue weighted by molar-refractivity contribution is -0.274. The van der Waals surface area contributed by atoms with E-state index in [-0.39, 0.29) is 11.4 Å². The molecule has 0 aliphatic heterocycles. The molecule has 0 saturated heterocycles. The highest BCUT2D eigenvalue weighted by molar-refractivity contribution is 5.87. The molecule has 2 rings (SSSR count). The molecule has 0 N–H and O–H groups in total. The molecule has 0 aliphatic carbocycles. The summed E-state index contributed by atoms with van der Waals surface area (Å²) in [5.74, 6) is -0.996. The number of alkyl halides is 3. The van der Waals surface area contributed by atoms with E-state index in [0.717, 1.165) is 12.1 Å². The van der Waals surface area contributed by atoms with Gasteiger partial charge in [0.2, 0.25) is 0 Å². The monoisotopic (exact) mass is 298 g/mol. The van der Waals surface area contributed by atoms with Gasteiger partial charge in [0.15, 0.2) is 5.69 Å². The second-order valence-corrected chi connectivity index (χ2v) is 3.85. The number of carbonyl (C=O) groups excluding carboxylic acids is 1. The maximum Gasteiger partial charge on any atom is 0.573 e. The summed E-state index contributed by atoms with van der Waals surface area (Å²) in [5, 5.41) is 0. The Labute approximate surface area is 117 Å².